The number of aromatic nitrogens is 2. The molecule has 0 bridgehead atoms. The van der Waals surface area contributed by atoms with Gasteiger partial charge in [0, 0.05) is 55.6 Å². The molecule has 7 heteroatoms. The van der Waals surface area contributed by atoms with Gasteiger partial charge in [-0.15, -0.1) is 0 Å². The van der Waals surface area contributed by atoms with E-state index < -0.39 is 0 Å². The van der Waals surface area contributed by atoms with Gasteiger partial charge < -0.3 is 9.80 Å². The zero-order chi connectivity index (χ0) is 18.4. The highest BCUT2D eigenvalue weighted by atomic mass is 35.5. The number of benzene rings is 1. The predicted molar refractivity (Wildman–Crippen MR) is 107 cm³/mol. The lowest BCUT2D eigenvalue weighted by Crippen LogP contribution is -2.35. The van der Waals surface area contributed by atoms with Crippen LogP contribution in [-0.2, 0) is 11.2 Å². The van der Waals surface area contributed by atoms with E-state index in [-0.39, 0.29) is 5.91 Å². The van der Waals surface area contributed by atoms with E-state index in [1.165, 1.54) is 11.5 Å². The number of rotatable bonds is 6. The van der Waals surface area contributed by atoms with Crippen molar-refractivity contribution >= 4 is 34.2 Å². The summed E-state index contributed by atoms with van der Waals surface area (Å²) in [4.78, 5) is 21.2. The van der Waals surface area contributed by atoms with Crippen molar-refractivity contribution in [3.05, 3.63) is 40.7 Å². The largest absolute Gasteiger partial charge is 0.345 e. The monoisotopic (exact) mass is 392 g/mol. The second-order valence-electron chi connectivity index (χ2n) is 6.62. The first-order valence-electron chi connectivity index (χ1n) is 9.25. The van der Waals surface area contributed by atoms with Crippen LogP contribution in [0.4, 0.5) is 5.13 Å². The third kappa shape index (κ3) is 5.17. The molecule has 0 N–H and O–H groups in total. The molecule has 1 saturated heterocycles. The van der Waals surface area contributed by atoms with Gasteiger partial charge in [0.2, 0.25) is 11.0 Å². The molecule has 5 nitrogen and oxygen atoms in total. The Morgan fingerprint density at radius 2 is 2.00 bits per heavy atom. The van der Waals surface area contributed by atoms with E-state index in [2.05, 4.69) is 16.2 Å². The molecule has 1 aromatic heterocycles. The van der Waals surface area contributed by atoms with E-state index >= 15 is 0 Å². The minimum absolute atomic E-state index is 0.286. The summed E-state index contributed by atoms with van der Waals surface area (Å²) in [6.07, 6.45) is 4.39. The van der Waals surface area contributed by atoms with Crippen molar-refractivity contribution in [2.75, 3.05) is 31.1 Å². The summed E-state index contributed by atoms with van der Waals surface area (Å²) in [7, 11) is 0. The fraction of sp³-hybridized carbons (Fsp3) is 0.526. The lowest BCUT2D eigenvalue weighted by molar-refractivity contribution is -0.131. The number of nitrogens with zero attached hydrogens (tertiary/aromatic N) is 4. The van der Waals surface area contributed by atoms with Crippen molar-refractivity contribution < 1.29 is 4.79 Å². The molecular formula is C19H25ClN4OS. The van der Waals surface area contributed by atoms with Crippen LogP contribution in [0.1, 0.15) is 44.0 Å². The molecular weight excluding hydrogens is 368 g/mol. The fourth-order valence-electron chi connectivity index (χ4n) is 3.07. The highest BCUT2D eigenvalue weighted by molar-refractivity contribution is 7.09. The van der Waals surface area contributed by atoms with Crippen LogP contribution in [0.3, 0.4) is 0 Å². The lowest BCUT2D eigenvalue weighted by atomic mass is 10.1. The average molecular weight is 393 g/mol. The molecule has 2 aromatic rings. The van der Waals surface area contributed by atoms with Crippen molar-refractivity contribution in [2.45, 2.75) is 39.0 Å². The zero-order valence-electron chi connectivity index (χ0n) is 15.2. The van der Waals surface area contributed by atoms with Gasteiger partial charge in [0.05, 0.1) is 0 Å². The summed E-state index contributed by atoms with van der Waals surface area (Å²) >= 11 is 7.38. The molecule has 0 atom stereocenters. The Morgan fingerprint density at radius 1 is 1.19 bits per heavy atom. The smallest absolute Gasteiger partial charge is 0.222 e. The zero-order valence-corrected chi connectivity index (χ0v) is 16.7. The molecule has 140 valence electrons. The number of halogens is 1. The Kier molecular flexibility index (Phi) is 6.86. The van der Waals surface area contributed by atoms with Gasteiger partial charge in [-0.2, -0.15) is 4.37 Å². The summed E-state index contributed by atoms with van der Waals surface area (Å²) in [5.74, 6) is 1.13. The molecule has 1 aliphatic rings. The maximum atomic E-state index is 12.3. The Morgan fingerprint density at radius 3 is 2.77 bits per heavy atom. The normalized spacial score (nSPS) is 15.2. The van der Waals surface area contributed by atoms with Crippen molar-refractivity contribution in [2.24, 2.45) is 0 Å². The third-order valence-electron chi connectivity index (χ3n) is 4.60. The van der Waals surface area contributed by atoms with E-state index in [9.17, 15) is 4.79 Å². The summed E-state index contributed by atoms with van der Waals surface area (Å²) in [6.45, 7) is 5.49. The fourth-order valence-corrected chi connectivity index (χ4v) is 3.94. The van der Waals surface area contributed by atoms with Crippen LogP contribution in [-0.4, -0.2) is 46.3 Å². The van der Waals surface area contributed by atoms with Crippen molar-refractivity contribution in [3.63, 3.8) is 0 Å². The molecule has 0 radical (unpaired) electrons. The van der Waals surface area contributed by atoms with Gasteiger partial charge in [-0.25, -0.2) is 4.98 Å². The van der Waals surface area contributed by atoms with Crippen LogP contribution < -0.4 is 4.90 Å². The van der Waals surface area contributed by atoms with Crippen molar-refractivity contribution in [1.29, 1.82) is 0 Å². The SMILES string of the molecule is CCCCC(=O)N1CCCN(c2nc(Cc3ccc(Cl)cc3)ns2)CC1. The molecule has 1 amide bonds. The van der Waals surface area contributed by atoms with Crippen LogP contribution >= 0.6 is 23.1 Å². The first kappa shape index (κ1) is 19.1. The van der Waals surface area contributed by atoms with Gasteiger partial charge in [-0.1, -0.05) is 37.1 Å². The molecule has 0 saturated carbocycles. The molecule has 0 aliphatic carbocycles. The van der Waals surface area contributed by atoms with Gasteiger partial charge in [-0.05, 0) is 30.5 Å². The van der Waals surface area contributed by atoms with Gasteiger partial charge in [0.1, 0.15) is 5.82 Å². The quantitative estimate of drug-likeness (QED) is 0.745. The molecule has 1 aromatic carbocycles. The summed E-state index contributed by atoms with van der Waals surface area (Å²) in [5.41, 5.74) is 1.15. The van der Waals surface area contributed by atoms with Gasteiger partial charge in [0.25, 0.3) is 0 Å². The van der Waals surface area contributed by atoms with Gasteiger partial charge >= 0.3 is 0 Å². The molecule has 26 heavy (non-hydrogen) atoms. The predicted octanol–water partition coefficient (Wildman–Crippen LogP) is 4.01. The number of carbonyl (C=O) groups is 1. The number of hydrogen-bond donors (Lipinski definition) is 0. The van der Waals surface area contributed by atoms with Gasteiger partial charge in [0.15, 0.2) is 0 Å². The topological polar surface area (TPSA) is 49.3 Å². The molecule has 2 heterocycles. The number of amides is 1. The van der Waals surface area contributed by atoms with E-state index in [4.69, 9.17) is 16.6 Å². The maximum Gasteiger partial charge on any atom is 0.222 e. The van der Waals surface area contributed by atoms with Crippen LogP contribution in [0.5, 0.6) is 0 Å². The Bertz CT molecular complexity index is 719. The molecule has 1 fully saturated rings. The Labute approximate surface area is 164 Å². The Balaban J connectivity index is 1.57. The number of unbranched alkanes of at least 4 members (excludes halogenated alkanes) is 1. The second-order valence-corrected chi connectivity index (χ2v) is 7.79. The van der Waals surface area contributed by atoms with Crippen LogP contribution in [0.2, 0.25) is 5.02 Å². The minimum atomic E-state index is 0.286. The number of hydrogen-bond acceptors (Lipinski definition) is 5. The highest BCUT2D eigenvalue weighted by Gasteiger charge is 2.21. The third-order valence-corrected chi connectivity index (χ3v) is 5.66. The number of anilines is 1. The van der Waals surface area contributed by atoms with E-state index in [1.54, 1.807) is 0 Å². The molecule has 1 aliphatic heterocycles. The summed E-state index contributed by atoms with van der Waals surface area (Å²) in [5, 5.41) is 1.69. The molecule has 0 unspecified atom stereocenters. The summed E-state index contributed by atoms with van der Waals surface area (Å²) in [6, 6.07) is 7.80. The highest BCUT2D eigenvalue weighted by Crippen LogP contribution is 2.21. The molecule has 3 rings (SSSR count). The first-order chi connectivity index (χ1) is 12.7. The maximum absolute atomic E-state index is 12.3. The second kappa shape index (κ2) is 9.33. The minimum Gasteiger partial charge on any atom is -0.345 e. The van der Waals surface area contributed by atoms with E-state index in [0.29, 0.717) is 12.8 Å². The summed E-state index contributed by atoms with van der Waals surface area (Å²) < 4.78 is 4.51. The van der Waals surface area contributed by atoms with Crippen LogP contribution in [0.15, 0.2) is 24.3 Å². The van der Waals surface area contributed by atoms with Crippen molar-refractivity contribution in [1.82, 2.24) is 14.3 Å². The van der Waals surface area contributed by atoms with E-state index in [0.717, 1.165) is 67.0 Å². The average Bonchev–Trinajstić information content (AvgIpc) is 2.96. The lowest BCUT2D eigenvalue weighted by Gasteiger charge is -2.21. The van der Waals surface area contributed by atoms with Crippen LogP contribution in [0, 0.1) is 0 Å². The van der Waals surface area contributed by atoms with Gasteiger partial charge in [-0.3, -0.25) is 4.79 Å². The van der Waals surface area contributed by atoms with E-state index in [1.807, 2.05) is 29.2 Å². The standard InChI is InChI=1S/C19H25ClN4OS/c1-2-3-5-18(25)23-10-4-11-24(13-12-23)19-21-17(22-26-19)14-15-6-8-16(20)9-7-15/h6-9H,2-5,10-14H2,1H3. The Hall–Kier alpha value is -1.66. The first-order valence-corrected chi connectivity index (χ1v) is 10.4. The van der Waals surface area contributed by atoms with Crippen LogP contribution in [0.25, 0.3) is 0 Å². The molecule has 0 spiro atoms. The number of carbonyl (C=O) groups excluding carboxylic acids is 1. The van der Waals surface area contributed by atoms with Crippen molar-refractivity contribution in [3.8, 4) is 0 Å².